The smallest absolute Gasteiger partial charge is 0.396 e. The number of rotatable bonds is 7. The molecule has 0 fully saturated rings. The average Bonchev–Trinajstić information content (AvgIpc) is 2.57. The summed E-state index contributed by atoms with van der Waals surface area (Å²) in [4.78, 5) is 24.4. The van der Waals surface area contributed by atoms with E-state index in [1.165, 1.54) is 7.05 Å². The predicted molar refractivity (Wildman–Crippen MR) is 90.3 cm³/mol. The molecule has 128 valence electrons. The summed E-state index contributed by atoms with van der Waals surface area (Å²) in [5.41, 5.74) is 0.253. The normalized spacial score (nSPS) is 10.6. The fourth-order valence-electron chi connectivity index (χ4n) is 2.31. The minimum atomic E-state index is -0.669. The summed E-state index contributed by atoms with van der Waals surface area (Å²) in [5.74, 6) is -0.490. The monoisotopic (exact) mass is 352 g/mol. The Morgan fingerprint density at radius 3 is 2.62 bits per heavy atom. The van der Waals surface area contributed by atoms with Crippen molar-refractivity contribution < 1.29 is 10.0 Å². The lowest BCUT2D eigenvalue weighted by Crippen LogP contribution is -2.30. The quantitative estimate of drug-likeness (QED) is 0.601. The van der Waals surface area contributed by atoms with Crippen molar-refractivity contribution in [3.05, 3.63) is 61.4 Å². The summed E-state index contributed by atoms with van der Waals surface area (Å²) in [5, 5.41) is 23.9. The van der Waals surface area contributed by atoms with Crippen LogP contribution in [0.5, 0.6) is 0 Å². The topological polar surface area (TPSA) is 102 Å². The first-order chi connectivity index (χ1) is 11.5. The molecule has 0 saturated carbocycles. The molecule has 0 bridgehead atoms. The predicted octanol–water partition coefficient (Wildman–Crippen LogP) is 1.73. The summed E-state index contributed by atoms with van der Waals surface area (Å²) < 4.78 is 0.844. The van der Waals surface area contributed by atoms with Crippen LogP contribution in [0.25, 0.3) is 0 Å². The second-order valence-corrected chi connectivity index (χ2v) is 5.53. The first-order valence-corrected chi connectivity index (χ1v) is 7.64. The molecule has 2 rings (SSSR count). The van der Waals surface area contributed by atoms with Crippen molar-refractivity contribution in [2.24, 2.45) is 7.05 Å². The maximum Gasteiger partial charge on any atom is 0.413 e. The number of benzene rings is 1. The van der Waals surface area contributed by atoms with E-state index in [-0.39, 0.29) is 17.3 Å². The lowest BCUT2D eigenvalue weighted by Gasteiger charge is -2.24. The molecule has 0 atom stereocenters. The Labute approximate surface area is 143 Å². The van der Waals surface area contributed by atoms with E-state index in [9.17, 15) is 14.9 Å². The molecule has 24 heavy (non-hydrogen) atoms. The lowest BCUT2D eigenvalue weighted by molar-refractivity contribution is -0.389. The van der Waals surface area contributed by atoms with Crippen molar-refractivity contribution in [1.29, 1.82) is 0 Å². The van der Waals surface area contributed by atoms with Gasteiger partial charge in [-0.1, -0.05) is 41.9 Å². The molecule has 0 aliphatic carbocycles. The zero-order chi connectivity index (χ0) is 17.7. The molecule has 0 saturated heterocycles. The number of hydrogen-bond donors (Lipinski definition) is 1. The molecule has 0 unspecified atom stereocenters. The fourth-order valence-corrected chi connectivity index (χ4v) is 2.64. The second-order valence-electron chi connectivity index (χ2n) is 5.16. The van der Waals surface area contributed by atoms with Gasteiger partial charge < -0.3 is 20.1 Å². The van der Waals surface area contributed by atoms with Gasteiger partial charge in [-0.15, -0.1) is 4.68 Å². The van der Waals surface area contributed by atoms with Gasteiger partial charge in [0.1, 0.15) is 5.02 Å². The summed E-state index contributed by atoms with van der Waals surface area (Å²) >= 11 is 6.11. The molecule has 0 amide bonds. The van der Waals surface area contributed by atoms with E-state index in [4.69, 9.17) is 16.7 Å². The Morgan fingerprint density at radius 1 is 1.38 bits per heavy atom. The molecular weight excluding hydrogens is 336 g/mol. The minimum Gasteiger partial charge on any atom is -0.396 e. The van der Waals surface area contributed by atoms with Crippen LogP contribution in [0.2, 0.25) is 5.02 Å². The van der Waals surface area contributed by atoms with E-state index in [0.29, 0.717) is 19.5 Å². The SMILES string of the molecule is Cn1nc([N+](=O)[O-])c(N(CCCO)Cc2ccccc2)c(Cl)c1=O. The van der Waals surface area contributed by atoms with Gasteiger partial charge >= 0.3 is 11.4 Å². The van der Waals surface area contributed by atoms with Crippen LogP contribution in [0.3, 0.4) is 0 Å². The Kier molecular flexibility index (Phi) is 5.88. The first kappa shape index (κ1) is 17.9. The van der Waals surface area contributed by atoms with Crippen molar-refractivity contribution in [3.8, 4) is 0 Å². The molecule has 1 N–H and O–H groups in total. The molecule has 2 aromatic rings. The van der Waals surface area contributed by atoms with Crippen LogP contribution in [0.4, 0.5) is 11.5 Å². The average molecular weight is 353 g/mol. The second kappa shape index (κ2) is 7.89. The number of aromatic nitrogens is 2. The summed E-state index contributed by atoms with van der Waals surface area (Å²) in [7, 11) is 1.31. The lowest BCUT2D eigenvalue weighted by atomic mass is 10.2. The highest BCUT2D eigenvalue weighted by molar-refractivity contribution is 6.33. The van der Waals surface area contributed by atoms with Crippen LogP contribution in [0.15, 0.2) is 35.1 Å². The van der Waals surface area contributed by atoms with Crippen LogP contribution in [-0.4, -0.2) is 33.0 Å². The zero-order valence-corrected chi connectivity index (χ0v) is 13.8. The third kappa shape index (κ3) is 3.90. The zero-order valence-electron chi connectivity index (χ0n) is 13.1. The van der Waals surface area contributed by atoms with Gasteiger partial charge in [0.25, 0.3) is 0 Å². The van der Waals surface area contributed by atoms with Gasteiger partial charge in [-0.05, 0) is 16.9 Å². The highest BCUT2D eigenvalue weighted by atomic mass is 35.5. The summed E-state index contributed by atoms with van der Waals surface area (Å²) in [6, 6.07) is 9.27. The van der Waals surface area contributed by atoms with Crippen molar-refractivity contribution in [1.82, 2.24) is 9.78 Å². The van der Waals surface area contributed by atoms with E-state index in [1.807, 2.05) is 30.3 Å². The van der Waals surface area contributed by atoms with E-state index in [2.05, 4.69) is 5.10 Å². The molecule has 1 aromatic carbocycles. The van der Waals surface area contributed by atoms with E-state index in [1.54, 1.807) is 4.90 Å². The van der Waals surface area contributed by atoms with E-state index < -0.39 is 16.3 Å². The van der Waals surface area contributed by atoms with Crippen molar-refractivity contribution in [2.75, 3.05) is 18.1 Å². The van der Waals surface area contributed by atoms with Crippen LogP contribution < -0.4 is 10.5 Å². The van der Waals surface area contributed by atoms with Gasteiger partial charge in [0, 0.05) is 19.7 Å². The van der Waals surface area contributed by atoms with Crippen LogP contribution in [0, 0.1) is 10.1 Å². The first-order valence-electron chi connectivity index (χ1n) is 7.26. The van der Waals surface area contributed by atoms with E-state index in [0.717, 1.165) is 10.2 Å². The highest BCUT2D eigenvalue weighted by Crippen LogP contribution is 2.32. The van der Waals surface area contributed by atoms with Crippen LogP contribution in [0.1, 0.15) is 12.0 Å². The standard InChI is InChI=1S/C15H17ClN4O4/c1-18-15(22)12(16)13(14(17-18)20(23)24)19(8-5-9-21)10-11-6-3-2-4-7-11/h2-4,6-7,21H,5,8-10H2,1H3. The van der Waals surface area contributed by atoms with E-state index >= 15 is 0 Å². The Morgan fingerprint density at radius 2 is 2.04 bits per heavy atom. The minimum absolute atomic E-state index is 0.0259. The number of aliphatic hydroxyl groups is 1. The largest absolute Gasteiger partial charge is 0.413 e. The van der Waals surface area contributed by atoms with Gasteiger partial charge in [0.15, 0.2) is 5.69 Å². The molecule has 0 aliphatic heterocycles. The molecule has 0 spiro atoms. The molecular formula is C15H17ClN4O4. The number of halogens is 1. The van der Waals surface area contributed by atoms with Crippen molar-refractivity contribution >= 4 is 23.1 Å². The third-order valence-electron chi connectivity index (χ3n) is 3.44. The summed E-state index contributed by atoms with van der Waals surface area (Å²) in [6.45, 7) is 0.506. The van der Waals surface area contributed by atoms with Gasteiger partial charge in [-0.25, -0.2) is 0 Å². The number of aliphatic hydroxyl groups excluding tert-OH is 1. The number of anilines is 1. The van der Waals surface area contributed by atoms with Gasteiger partial charge in [-0.3, -0.25) is 4.79 Å². The highest BCUT2D eigenvalue weighted by Gasteiger charge is 2.28. The number of aryl methyl sites for hydroxylation is 1. The molecule has 0 aliphatic rings. The Hall–Kier alpha value is -2.45. The maximum atomic E-state index is 12.1. The molecule has 0 radical (unpaired) electrons. The Balaban J connectivity index is 2.54. The molecule has 1 heterocycles. The Bertz CT molecular complexity index is 779. The number of nitrogens with zero attached hydrogens (tertiary/aromatic N) is 4. The molecule has 8 nitrogen and oxygen atoms in total. The van der Waals surface area contributed by atoms with Crippen molar-refractivity contribution in [2.45, 2.75) is 13.0 Å². The maximum absolute atomic E-state index is 12.1. The van der Waals surface area contributed by atoms with Crippen LogP contribution in [-0.2, 0) is 13.6 Å². The van der Waals surface area contributed by atoms with Crippen LogP contribution >= 0.6 is 11.6 Å². The third-order valence-corrected chi connectivity index (χ3v) is 3.78. The molecule has 1 aromatic heterocycles. The summed E-state index contributed by atoms with van der Waals surface area (Å²) in [6.07, 6.45) is 0.371. The van der Waals surface area contributed by atoms with Gasteiger partial charge in [0.05, 0.1) is 12.1 Å². The van der Waals surface area contributed by atoms with Gasteiger partial charge in [0.2, 0.25) is 0 Å². The number of nitro groups is 1. The number of hydrogen-bond acceptors (Lipinski definition) is 6. The van der Waals surface area contributed by atoms with Crippen molar-refractivity contribution in [3.63, 3.8) is 0 Å². The fraction of sp³-hybridized carbons (Fsp3) is 0.333. The molecule has 9 heteroatoms. The van der Waals surface area contributed by atoms with Gasteiger partial charge in [-0.2, -0.15) is 0 Å².